The average Bonchev–Trinajstić information content (AvgIpc) is 2.77. The Hall–Kier alpha value is 0.310. The second-order valence-corrected chi connectivity index (χ2v) is 14.7. The second-order valence-electron chi connectivity index (χ2n) is 6.22. The summed E-state index contributed by atoms with van der Waals surface area (Å²) >= 11 is -0.826. The van der Waals surface area contributed by atoms with Crippen molar-refractivity contribution in [2.45, 2.75) is 38.9 Å². The summed E-state index contributed by atoms with van der Waals surface area (Å²) in [4.78, 5) is 0. The van der Waals surface area contributed by atoms with E-state index in [1.54, 1.807) is 0 Å². The Morgan fingerprint density at radius 1 is 1.15 bits per heavy atom. The Morgan fingerprint density at radius 2 is 1.75 bits per heavy atom. The number of fused-ring (bicyclic) bond motifs is 1. The summed E-state index contributed by atoms with van der Waals surface area (Å²) in [6.07, 6.45) is 0. The first kappa shape index (κ1) is 18.4. The van der Waals surface area contributed by atoms with Gasteiger partial charge in [0.1, 0.15) is 0 Å². The molecule has 2 rings (SSSR count). The van der Waals surface area contributed by atoms with Gasteiger partial charge in [-0.2, -0.15) is 12.1 Å². The van der Waals surface area contributed by atoms with Crippen LogP contribution in [0.5, 0.6) is 5.75 Å². The molecule has 0 radical (unpaired) electrons. The molecule has 20 heavy (non-hydrogen) atoms. The standard InChI is InChI=1S/C15H21OSi.2ClH.Zr/c1-15(2,3)17(4,5)16-14-11-7-9-12-8-6-10-13(12)14;;;/h6-11H,1-5H3;2*1H;/q-1;;;+2/p-2. The summed E-state index contributed by atoms with van der Waals surface area (Å²) < 4.78 is 6.38. The van der Waals surface area contributed by atoms with Gasteiger partial charge < -0.3 is 4.43 Å². The van der Waals surface area contributed by atoms with Crippen molar-refractivity contribution < 1.29 is 25.3 Å². The van der Waals surface area contributed by atoms with Crippen LogP contribution in [0.1, 0.15) is 20.8 Å². The molecular formula is C15H21Cl2OSiZr-. The molecule has 0 bridgehead atoms. The molecule has 5 heteroatoms. The topological polar surface area (TPSA) is 9.23 Å². The van der Waals surface area contributed by atoms with Crippen LogP contribution in [0, 0.1) is 0 Å². The van der Waals surface area contributed by atoms with Gasteiger partial charge in [0, 0.05) is 0 Å². The number of halogens is 2. The van der Waals surface area contributed by atoms with E-state index in [4.69, 9.17) is 21.5 Å². The summed E-state index contributed by atoms with van der Waals surface area (Å²) in [7, 11) is 8.13. The van der Waals surface area contributed by atoms with Crippen LogP contribution in [0.3, 0.4) is 0 Å². The molecule has 0 aliphatic carbocycles. The summed E-state index contributed by atoms with van der Waals surface area (Å²) in [6.45, 7) is 11.4. The number of benzene rings is 1. The third kappa shape index (κ3) is 4.66. The molecule has 0 saturated heterocycles. The van der Waals surface area contributed by atoms with Crippen molar-refractivity contribution in [2.75, 3.05) is 0 Å². The number of hydrogen-bond acceptors (Lipinski definition) is 1. The predicted octanol–water partition coefficient (Wildman–Crippen LogP) is 6.32. The van der Waals surface area contributed by atoms with Gasteiger partial charge in [-0.1, -0.05) is 20.8 Å². The molecule has 0 aromatic heterocycles. The SMILES string of the molecule is CC(C)(C)[Si](C)(C)Oc1cccc2[cH-]ccc12.[Cl][Zr][Cl]. The molecule has 0 aliphatic rings. The molecule has 0 fully saturated rings. The van der Waals surface area contributed by atoms with Gasteiger partial charge in [-0.25, -0.2) is 0 Å². The first-order chi connectivity index (χ1) is 9.23. The quantitative estimate of drug-likeness (QED) is 0.418. The van der Waals surface area contributed by atoms with Gasteiger partial charge in [0.2, 0.25) is 8.32 Å². The summed E-state index contributed by atoms with van der Waals surface area (Å²) in [5, 5.41) is 2.74. The molecular weight excluding hydrogens is 386 g/mol. The van der Waals surface area contributed by atoms with Crippen molar-refractivity contribution in [1.29, 1.82) is 0 Å². The van der Waals surface area contributed by atoms with Gasteiger partial charge in [0.05, 0.1) is 5.75 Å². The van der Waals surface area contributed by atoms with Crippen LogP contribution in [0.15, 0.2) is 36.4 Å². The molecule has 0 spiro atoms. The van der Waals surface area contributed by atoms with Crippen LogP contribution in [-0.2, 0) is 20.8 Å². The van der Waals surface area contributed by atoms with E-state index in [1.807, 2.05) is 0 Å². The van der Waals surface area contributed by atoms with E-state index in [-0.39, 0.29) is 5.04 Å². The van der Waals surface area contributed by atoms with E-state index < -0.39 is 29.2 Å². The molecule has 0 amide bonds. The molecule has 0 unspecified atom stereocenters. The van der Waals surface area contributed by atoms with Crippen molar-refractivity contribution in [2.24, 2.45) is 0 Å². The zero-order valence-corrected chi connectivity index (χ0v) is 17.6. The average molecular weight is 408 g/mol. The third-order valence-corrected chi connectivity index (χ3v) is 8.15. The first-order valence-electron chi connectivity index (χ1n) is 6.52. The Kier molecular flexibility index (Phi) is 6.92. The minimum atomic E-state index is -1.74. The summed E-state index contributed by atoms with van der Waals surface area (Å²) in [5.41, 5.74) is 0. The molecule has 2 aromatic carbocycles. The molecule has 0 N–H and O–H groups in total. The molecule has 110 valence electrons. The molecule has 2 aromatic rings. The number of rotatable bonds is 2. The van der Waals surface area contributed by atoms with Gasteiger partial charge >= 0.3 is 37.9 Å². The zero-order valence-electron chi connectivity index (χ0n) is 12.6. The van der Waals surface area contributed by atoms with E-state index in [2.05, 4.69) is 70.3 Å². The van der Waals surface area contributed by atoms with Crippen LogP contribution >= 0.6 is 17.0 Å². The van der Waals surface area contributed by atoms with Crippen LogP contribution < -0.4 is 4.43 Å². The second kappa shape index (κ2) is 7.54. The van der Waals surface area contributed by atoms with Crippen molar-refractivity contribution in [1.82, 2.24) is 0 Å². The summed E-state index contributed by atoms with van der Waals surface area (Å²) in [5.74, 6) is 1.04. The van der Waals surface area contributed by atoms with Crippen LogP contribution in [0.4, 0.5) is 0 Å². The maximum atomic E-state index is 6.38. The van der Waals surface area contributed by atoms with Crippen molar-refractivity contribution in [3.63, 3.8) is 0 Å². The fourth-order valence-electron chi connectivity index (χ4n) is 1.65. The summed E-state index contributed by atoms with van der Waals surface area (Å²) in [6, 6.07) is 12.6. The van der Waals surface area contributed by atoms with E-state index in [1.165, 1.54) is 10.8 Å². The predicted molar refractivity (Wildman–Crippen MR) is 89.1 cm³/mol. The van der Waals surface area contributed by atoms with E-state index in [0.717, 1.165) is 5.75 Å². The fraction of sp³-hybridized carbons (Fsp3) is 0.400. The molecule has 0 atom stereocenters. The van der Waals surface area contributed by atoms with Crippen molar-refractivity contribution >= 4 is 36.1 Å². The van der Waals surface area contributed by atoms with Gasteiger partial charge in [0.25, 0.3) is 0 Å². The monoisotopic (exact) mass is 405 g/mol. The van der Waals surface area contributed by atoms with Gasteiger partial charge in [0.15, 0.2) is 0 Å². The third-order valence-electron chi connectivity index (χ3n) is 3.81. The number of hydrogen-bond donors (Lipinski definition) is 0. The van der Waals surface area contributed by atoms with Crippen LogP contribution in [-0.4, -0.2) is 8.32 Å². The van der Waals surface area contributed by atoms with Crippen molar-refractivity contribution in [3.8, 4) is 5.75 Å². The van der Waals surface area contributed by atoms with E-state index >= 15 is 0 Å². The van der Waals surface area contributed by atoms with Crippen LogP contribution in [0.25, 0.3) is 10.8 Å². The van der Waals surface area contributed by atoms with Crippen molar-refractivity contribution in [3.05, 3.63) is 36.4 Å². The molecule has 1 nitrogen and oxygen atoms in total. The Balaban J connectivity index is 0.000000612. The fourth-order valence-corrected chi connectivity index (χ4v) is 2.68. The van der Waals surface area contributed by atoms with E-state index in [0.29, 0.717) is 0 Å². The normalized spacial score (nSPS) is 11.8. The Morgan fingerprint density at radius 3 is 2.30 bits per heavy atom. The van der Waals surface area contributed by atoms with Gasteiger partial charge in [-0.3, -0.25) is 0 Å². The van der Waals surface area contributed by atoms with Crippen LogP contribution in [0.2, 0.25) is 18.1 Å². The van der Waals surface area contributed by atoms with Gasteiger partial charge in [-0.15, -0.1) is 29.0 Å². The maximum absolute atomic E-state index is 6.38. The zero-order chi connectivity index (χ0) is 15.4. The Labute approximate surface area is 141 Å². The first-order valence-corrected chi connectivity index (χ1v) is 15.8. The van der Waals surface area contributed by atoms with Gasteiger partial charge in [-0.05, 0) is 24.2 Å². The van der Waals surface area contributed by atoms with E-state index in [9.17, 15) is 0 Å². The molecule has 0 saturated carbocycles. The minimum absolute atomic E-state index is 0.238. The molecule has 0 aliphatic heterocycles. The molecule has 0 heterocycles. The Bertz CT molecular complexity index is 546.